The summed E-state index contributed by atoms with van der Waals surface area (Å²) in [4.78, 5) is 24.8. The molecule has 0 aliphatic heterocycles. The van der Waals surface area contributed by atoms with Gasteiger partial charge in [0.05, 0.1) is 10.9 Å². The second kappa shape index (κ2) is 7.96. The minimum Gasteiger partial charge on any atom is -0.341 e. The highest BCUT2D eigenvalue weighted by Crippen LogP contribution is 2.10. The topological polar surface area (TPSA) is 82.0 Å². The third-order valence-corrected chi connectivity index (χ3v) is 3.86. The van der Waals surface area contributed by atoms with E-state index >= 15 is 0 Å². The summed E-state index contributed by atoms with van der Waals surface area (Å²) in [5.74, 6) is -0.654. The molecule has 22 heavy (non-hydrogen) atoms. The van der Waals surface area contributed by atoms with Gasteiger partial charge >= 0.3 is 0 Å². The molecular weight excluding hydrogens is 298 g/mol. The lowest BCUT2D eigenvalue weighted by atomic mass is 10.1. The van der Waals surface area contributed by atoms with Gasteiger partial charge in [0.15, 0.2) is 0 Å². The van der Waals surface area contributed by atoms with Crippen molar-refractivity contribution in [2.75, 3.05) is 6.54 Å². The smallest absolute Gasteiger partial charge is 0.262 e. The molecule has 2 N–H and O–H groups in total. The molecule has 2 amide bonds. The van der Waals surface area contributed by atoms with E-state index in [9.17, 15) is 9.59 Å². The second-order valence-electron chi connectivity index (χ2n) is 4.57. The van der Waals surface area contributed by atoms with Gasteiger partial charge in [-0.05, 0) is 17.0 Å². The number of carbonyl (C=O) groups excluding carboxylic acids is 2. The first-order valence-electron chi connectivity index (χ1n) is 6.73. The van der Waals surface area contributed by atoms with Gasteiger partial charge in [0.25, 0.3) is 5.91 Å². The molecule has 0 unspecified atom stereocenters. The Morgan fingerprint density at radius 3 is 2.59 bits per heavy atom. The van der Waals surface area contributed by atoms with Crippen LogP contribution in [0.2, 0.25) is 0 Å². The number of amides is 2. The van der Waals surface area contributed by atoms with E-state index in [2.05, 4.69) is 10.6 Å². The molecule has 0 aliphatic rings. The van der Waals surface area contributed by atoms with E-state index in [0.29, 0.717) is 11.3 Å². The van der Waals surface area contributed by atoms with Crippen molar-refractivity contribution in [3.8, 4) is 6.07 Å². The zero-order valence-electron chi connectivity index (χ0n) is 11.8. The van der Waals surface area contributed by atoms with Crippen LogP contribution in [0.4, 0.5) is 0 Å². The lowest BCUT2D eigenvalue weighted by Gasteiger charge is -2.17. The largest absolute Gasteiger partial charge is 0.341 e. The Morgan fingerprint density at radius 2 is 1.95 bits per heavy atom. The highest BCUT2D eigenvalue weighted by atomic mass is 32.1. The maximum absolute atomic E-state index is 12.1. The number of hydrogen-bond donors (Lipinski definition) is 2. The van der Waals surface area contributed by atoms with Crippen LogP contribution >= 0.6 is 11.3 Å². The third kappa shape index (κ3) is 4.43. The van der Waals surface area contributed by atoms with Crippen molar-refractivity contribution in [1.82, 2.24) is 10.6 Å². The van der Waals surface area contributed by atoms with Gasteiger partial charge in [-0.2, -0.15) is 5.26 Å². The summed E-state index contributed by atoms with van der Waals surface area (Å²) in [6.07, 6.45) is 0.370. The molecule has 0 saturated heterocycles. The number of benzene rings is 1. The molecule has 1 aromatic carbocycles. The first-order chi connectivity index (χ1) is 10.7. The van der Waals surface area contributed by atoms with E-state index in [-0.39, 0.29) is 18.4 Å². The van der Waals surface area contributed by atoms with Crippen molar-refractivity contribution in [2.24, 2.45) is 0 Å². The Kier molecular flexibility index (Phi) is 5.69. The van der Waals surface area contributed by atoms with Gasteiger partial charge in [-0.1, -0.05) is 36.4 Å². The molecule has 2 rings (SSSR count). The van der Waals surface area contributed by atoms with Crippen molar-refractivity contribution in [3.63, 3.8) is 0 Å². The number of thiophene rings is 1. The Bertz CT molecular complexity index is 662. The second-order valence-corrected chi connectivity index (χ2v) is 5.52. The molecule has 0 fully saturated rings. The maximum atomic E-state index is 12.1. The average Bonchev–Trinajstić information content (AvgIpc) is 3.07. The fourth-order valence-electron chi connectivity index (χ4n) is 1.95. The number of nitrogens with zero attached hydrogens (tertiary/aromatic N) is 1. The average molecular weight is 313 g/mol. The minimum absolute atomic E-state index is 0.0843. The van der Waals surface area contributed by atoms with Crippen molar-refractivity contribution >= 4 is 23.2 Å². The molecule has 5 nitrogen and oxygen atoms in total. The fraction of sp³-hybridized carbons (Fsp3) is 0.188. The molecular formula is C16H15N3O2S. The van der Waals surface area contributed by atoms with E-state index in [1.54, 1.807) is 17.5 Å². The van der Waals surface area contributed by atoms with Gasteiger partial charge in [-0.25, -0.2) is 0 Å². The first kappa shape index (κ1) is 15.7. The number of hydrogen-bond acceptors (Lipinski definition) is 4. The van der Waals surface area contributed by atoms with Crippen LogP contribution in [0, 0.1) is 11.3 Å². The first-order valence-corrected chi connectivity index (χ1v) is 7.61. The highest BCUT2D eigenvalue weighted by molar-refractivity contribution is 7.12. The van der Waals surface area contributed by atoms with E-state index in [1.165, 1.54) is 11.3 Å². The Balaban J connectivity index is 2.09. The van der Waals surface area contributed by atoms with Crippen LogP contribution in [0.25, 0.3) is 0 Å². The Labute approximate surface area is 132 Å². The molecule has 0 bridgehead atoms. The van der Waals surface area contributed by atoms with Gasteiger partial charge in [-0.3, -0.25) is 9.59 Å². The maximum Gasteiger partial charge on any atom is 0.262 e. The summed E-state index contributed by atoms with van der Waals surface area (Å²) in [5.41, 5.74) is 0.936. The molecule has 1 heterocycles. The molecule has 0 aliphatic carbocycles. The lowest BCUT2D eigenvalue weighted by Crippen LogP contribution is -2.48. The van der Waals surface area contributed by atoms with Crippen LogP contribution in [0.3, 0.4) is 0 Å². The molecule has 2 aromatic rings. The summed E-state index contributed by atoms with van der Waals surface area (Å²) < 4.78 is 0. The van der Waals surface area contributed by atoms with Gasteiger partial charge in [-0.15, -0.1) is 11.3 Å². The SMILES string of the molecule is N#CCNC(=O)[C@H](Cc1ccccc1)NC(=O)c1cccs1. The van der Waals surface area contributed by atoms with E-state index < -0.39 is 6.04 Å². The van der Waals surface area contributed by atoms with Crippen molar-refractivity contribution < 1.29 is 9.59 Å². The van der Waals surface area contributed by atoms with Crippen LogP contribution in [0.15, 0.2) is 47.8 Å². The summed E-state index contributed by atoms with van der Waals surface area (Å²) in [6, 6.07) is 14.0. The molecule has 1 aromatic heterocycles. The van der Waals surface area contributed by atoms with Crippen molar-refractivity contribution in [3.05, 3.63) is 58.3 Å². The standard InChI is InChI=1S/C16H15N3O2S/c17-8-9-18-15(20)13(11-12-5-2-1-3-6-12)19-16(21)14-7-4-10-22-14/h1-7,10,13H,9,11H2,(H,18,20)(H,19,21)/t13-/m0/s1. The predicted molar refractivity (Wildman–Crippen MR) is 84.3 cm³/mol. The zero-order chi connectivity index (χ0) is 15.8. The number of carbonyl (C=O) groups is 2. The van der Waals surface area contributed by atoms with Gasteiger partial charge in [0.2, 0.25) is 5.91 Å². The van der Waals surface area contributed by atoms with Crippen LogP contribution in [-0.4, -0.2) is 24.4 Å². The highest BCUT2D eigenvalue weighted by Gasteiger charge is 2.21. The summed E-state index contributed by atoms with van der Waals surface area (Å²) in [6.45, 7) is -0.0843. The van der Waals surface area contributed by atoms with Crippen LogP contribution < -0.4 is 10.6 Å². The van der Waals surface area contributed by atoms with Gasteiger partial charge in [0.1, 0.15) is 12.6 Å². The predicted octanol–water partition coefficient (Wildman–Crippen LogP) is 1.73. The quantitative estimate of drug-likeness (QED) is 0.797. The summed E-state index contributed by atoms with van der Waals surface area (Å²) in [5, 5.41) is 15.6. The van der Waals surface area contributed by atoms with Crippen LogP contribution in [0.1, 0.15) is 15.2 Å². The van der Waals surface area contributed by atoms with Crippen molar-refractivity contribution in [2.45, 2.75) is 12.5 Å². The van der Waals surface area contributed by atoms with Crippen LogP contribution in [-0.2, 0) is 11.2 Å². The lowest BCUT2D eigenvalue weighted by molar-refractivity contribution is -0.122. The van der Waals surface area contributed by atoms with Crippen molar-refractivity contribution in [1.29, 1.82) is 5.26 Å². The third-order valence-electron chi connectivity index (χ3n) is 2.99. The zero-order valence-corrected chi connectivity index (χ0v) is 12.6. The number of nitriles is 1. The van der Waals surface area contributed by atoms with E-state index in [4.69, 9.17) is 5.26 Å². The Morgan fingerprint density at radius 1 is 1.18 bits per heavy atom. The van der Waals surface area contributed by atoms with E-state index in [1.807, 2.05) is 36.4 Å². The number of nitrogens with one attached hydrogen (secondary N) is 2. The number of rotatable bonds is 6. The summed E-state index contributed by atoms with van der Waals surface area (Å²) in [7, 11) is 0. The normalized spacial score (nSPS) is 11.2. The van der Waals surface area contributed by atoms with E-state index in [0.717, 1.165) is 5.56 Å². The van der Waals surface area contributed by atoms with Crippen LogP contribution in [0.5, 0.6) is 0 Å². The molecule has 0 radical (unpaired) electrons. The monoisotopic (exact) mass is 313 g/mol. The molecule has 0 saturated carbocycles. The molecule has 6 heteroatoms. The van der Waals surface area contributed by atoms with Gasteiger partial charge in [0, 0.05) is 6.42 Å². The summed E-state index contributed by atoms with van der Waals surface area (Å²) >= 11 is 1.31. The Hall–Kier alpha value is -2.65. The fourth-order valence-corrected chi connectivity index (χ4v) is 2.57. The minimum atomic E-state index is -0.717. The molecule has 0 spiro atoms. The van der Waals surface area contributed by atoms with Gasteiger partial charge < -0.3 is 10.6 Å². The molecule has 1 atom stereocenters. The molecule has 112 valence electrons.